The highest BCUT2D eigenvalue weighted by molar-refractivity contribution is 7.99. The summed E-state index contributed by atoms with van der Waals surface area (Å²) in [5.41, 5.74) is 0.889. The molecule has 0 unspecified atom stereocenters. The molecule has 0 amide bonds. The molecule has 1 N–H and O–H groups in total. The topological polar surface area (TPSA) is 80.9 Å². The number of hydrogen-bond donors (Lipinski definition) is 1. The maximum Gasteiger partial charge on any atom is 0.335 e. The second-order valence-electron chi connectivity index (χ2n) is 3.83. The number of carboxylic acid groups (broad SMARTS) is 1. The molecule has 0 aliphatic heterocycles. The second kappa shape index (κ2) is 4.77. The van der Waals surface area contributed by atoms with E-state index in [1.807, 2.05) is 18.5 Å². The van der Waals surface area contributed by atoms with Crippen molar-refractivity contribution in [2.24, 2.45) is 7.05 Å². The SMILES string of the molecule is Cc1cc(C(=O)O)cc(Sc2nnc(C)n2C)n1. The molecule has 0 aliphatic rings. The number of pyridine rings is 1. The van der Waals surface area contributed by atoms with Crippen LogP contribution < -0.4 is 0 Å². The van der Waals surface area contributed by atoms with Gasteiger partial charge in [0.25, 0.3) is 0 Å². The molecule has 2 aromatic rings. The second-order valence-corrected chi connectivity index (χ2v) is 4.82. The summed E-state index contributed by atoms with van der Waals surface area (Å²) in [4.78, 5) is 15.2. The summed E-state index contributed by atoms with van der Waals surface area (Å²) in [6.07, 6.45) is 0. The van der Waals surface area contributed by atoms with Crippen molar-refractivity contribution in [1.82, 2.24) is 19.7 Å². The fraction of sp³-hybridized carbons (Fsp3) is 0.273. The molecule has 94 valence electrons. The zero-order valence-corrected chi connectivity index (χ0v) is 11.0. The highest BCUT2D eigenvalue weighted by Crippen LogP contribution is 2.25. The highest BCUT2D eigenvalue weighted by atomic mass is 32.2. The molecule has 2 rings (SSSR count). The molecular weight excluding hydrogens is 252 g/mol. The van der Waals surface area contributed by atoms with Crippen molar-refractivity contribution >= 4 is 17.7 Å². The Labute approximate surface area is 108 Å². The normalized spacial score (nSPS) is 10.6. The molecule has 0 aromatic carbocycles. The molecular formula is C11H12N4O2S. The number of carbonyl (C=O) groups is 1. The molecule has 0 atom stereocenters. The highest BCUT2D eigenvalue weighted by Gasteiger charge is 2.11. The molecule has 0 radical (unpaired) electrons. The van der Waals surface area contributed by atoms with Gasteiger partial charge in [0.2, 0.25) is 0 Å². The minimum absolute atomic E-state index is 0.226. The van der Waals surface area contributed by atoms with Gasteiger partial charge in [-0.1, -0.05) is 0 Å². The molecule has 0 bridgehead atoms. The molecule has 6 nitrogen and oxygen atoms in total. The Balaban J connectivity index is 2.34. The Morgan fingerprint density at radius 1 is 1.33 bits per heavy atom. The van der Waals surface area contributed by atoms with Gasteiger partial charge in [-0.25, -0.2) is 9.78 Å². The zero-order valence-electron chi connectivity index (χ0n) is 10.2. The maximum absolute atomic E-state index is 11.0. The standard InChI is InChI=1S/C11H12N4O2S/c1-6-4-8(10(16)17)5-9(12-6)18-11-14-13-7(2)15(11)3/h4-5H,1-3H3,(H,16,17). The Morgan fingerprint density at radius 3 is 2.61 bits per heavy atom. The van der Waals surface area contributed by atoms with Crippen LogP contribution in [-0.2, 0) is 7.05 Å². The van der Waals surface area contributed by atoms with Crippen LogP contribution in [0.5, 0.6) is 0 Å². The third-order valence-corrected chi connectivity index (χ3v) is 3.38. The van der Waals surface area contributed by atoms with Gasteiger partial charge in [0.1, 0.15) is 10.9 Å². The summed E-state index contributed by atoms with van der Waals surface area (Å²) in [6, 6.07) is 3.07. The number of hydrogen-bond acceptors (Lipinski definition) is 5. The molecule has 0 saturated carbocycles. The van der Waals surface area contributed by atoms with Crippen LogP contribution in [0.3, 0.4) is 0 Å². The molecule has 2 heterocycles. The number of carboxylic acids is 1. The van der Waals surface area contributed by atoms with Crippen LogP contribution in [0.2, 0.25) is 0 Å². The van der Waals surface area contributed by atoms with Gasteiger partial charge in [-0.3, -0.25) is 0 Å². The number of aryl methyl sites for hydroxylation is 2. The van der Waals surface area contributed by atoms with E-state index in [4.69, 9.17) is 5.11 Å². The minimum atomic E-state index is -0.962. The van der Waals surface area contributed by atoms with E-state index in [1.165, 1.54) is 23.9 Å². The van der Waals surface area contributed by atoms with E-state index in [0.717, 1.165) is 5.82 Å². The summed E-state index contributed by atoms with van der Waals surface area (Å²) in [5, 5.41) is 18.2. The molecule has 0 saturated heterocycles. The van der Waals surface area contributed by atoms with Gasteiger partial charge in [-0.05, 0) is 37.7 Å². The predicted molar refractivity (Wildman–Crippen MR) is 65.8 cm³/mol. The van der Waals surface area contributed by atoms with Crippen molar-refractivity contribution < 1.29 is 9.90 Å². The smallest absolute Gasteiger partial charge is 0.335 e. The third-order valence-electron chi connectivity index (χ3n) is 2.43. The molecule has 0 aliphatic carbocycles. The van der Waals surface area contributed by atoms with Crippen LogP contribution in [0.15, 0.2) is 22.3 Å². The van der Waals surface area contributed by atoms with Gasteiger partial charge in [0, 0.05) is 12.7 Å². The summed E-state index contributed by atoms with van der Waals surface area (Å²) in [5.74, 6) is -0.167. The van der Waals surface area contributed by atoms with E-state index in [9.17, 15) is 4.79 Å². The Hall–Kier alpha value is -1.89. The van der Waals surface area contributed by atoms with E-state index in [2.05, 4.69) is 15.2 Å². The Morgan fingerprint density at radius 2 is 2.06 bits per heavy atom. The van der Waals surface area contributed by atoms with Crippen molar-refractivity contribution in [3.63, 3.8) is 0 Å². The lowest BCUT2D eigenvalue weighted by molar-refractivity contribution is 0.0696. The first-order chi connectivity index (χ1) is 8.47. The molecule has 0 fully saturated rings. The van der Waals surface area contributed by atoms with Gasteiger partial charge in [0.15, 0.2) is 5.16 Å². The van der Waals surface area contributed by atoms with Crippen molar-refractivity contribution in [1.29, 1.82) is 0 Å². The van der Waals surface area contributed by atoms with E-state index in [1.54, 1.807) is 6.92 Å². The first-order valence-corrected chi connectivity index (χ1v) is 6.05. The quantitative estimate of drug-likeness (QED) is 0.908. The van der Waals surface area contributed by atoms with Crippen LogP contribution in [-0.4, -0.2) is 30.8 Å². The van der Waals surface area contributed by atoms with Gasteiger partial charge in [-0.15, -0.1) is 10.2 Å². The largest absolute Gasteiger partial charge is 0.478 e. The van der Waals surface area contributed by atoms with Crippen molar-refractivity contribution in [2.45, 2.75) is 24.0 Å². The minimum Gasteiger partial charge on any atom is -0.478 e. The van der Waals surface area contributed by atoms with Crippen LogP contribution >= 0.6 is 11.8 Å². The maximum atomic E-state index is 11.0. The monoisotopic (exact) mass is 264 g/mol. The van der Waals surface area contributed by atoms with Crippen LogP contribution in [0.1, 0.15) is 21.9 Å². The van der Waals surface area contributed by atoms with Crippen molar-refractivity contribution in [2.75, 3.05) is 0 Å². The number of aromatic nitrogens is 4. The van der Waals surface area contributed by atoms with E-state index >= 15 is 0 Å². The summed E-state index contributed by atoms with van der Waals surface area (Å²) in [6.45, 7) is 3.61. The Kier molecular flexibility index (Phi) is 3.33. The fourth-order valence-corrected chi connectivity index (χ4v) is 2.30. The zero-order chi connectivity index (χ0) is 13.3. The lowest BCUT2D eigenvalue weighted by Gasteiger charge is -2.03. The lowest BCUT2D eigenvalue weighted by atomic mass is 10.2. The predicted octanol–water partition coefficient (Wildman–Crippen LogP) is 1.68. The lowest BCUT2D eigenvalue weighted by Crippen LogP contribution is -2.00. The van der Waals surface area contributed by atoms with Crippen LogP contribution in [0, 0.1) is 13.8 Å². The van der Waals surface area contributed by atoms with E-state index in [-0.39, 0.29) is 5.56 Å². The van der Waals surface area contributed by atoms with E-state index in [0.29, 0.717) is 15.9 Å². The Bertz CT molecular complexity index is 609. The first kappa shape index (κ1) is 12.6. The summed E-state index contributed by atoms with van der Waals surface area (Å²) in [7, 11) is 1.85. The summed E-state index contributed by atoms with van der Waals surface area (Å²) >= 11 is 1.30. The molecule has 2 aromatic heterocycles. The number of rotatable bonds is 3. The van der Waals surface area contributed by atoms with Crippen LogP contribution in [0.4, 0.5) is 0 Å². The van der Waals surface area contributed by atoms with Gasteiger partial charge >= 0.3 is 5.97 Å². The van der Waals surface area contributed by atoms with Crippen LogP contribution in [0.25, 0.3) is 0 Å². The molecule has 18 heavy (non-hydrogen) atoms. The average Bonchev–Trinajstić information content (AvgIpc) is 2.60. The number of nitrogens with zero attached hydrogens (tertiary/aromatic N) is 4. The number of aromatic carboxylic acids is 1. The van der Waals surface area contributed by atoms with E-state index < -0.39 is 5.97 Å². The van der Waals surface area contributed by atoms with Crippen molar-refractivity contribution in [3.05, 3.63) is 29.2 Å². The van der Waals surface area contributed by atoms with Gasteiger partial charge < -0.3 is 9.67 Å². The van der Waals surface area contributed by atoms with Gasteiger partial charge in [-0.2, -0.15) is 0 Å². The van der Waals surface area contributed by atoms with Crippen molar-refractivity contribution in [3.8, 4) is 0 Å². The molecule has 7 heteroatoms. The summed E-state index contributed by atoms with van der Waals surface area (Å²) < 4.78 is 1.83. The third kappa shape index (κ3) is 2.51. The average molecular weight is 264 g/mol. The van der Waals surface area contributed by atoms with Gasteiger partial charge in [0.05, 0.1) is 5.56 Å². The molecule has 0 spiro atoms. The first-order valence-electron chi connectivity index (χ1n) is 5.23. The fourth-order valence-electron chi connectivity index (χ4n) is 1.38.